The minimum Gasteiger partial charge on any atom is -0.382 e. The van der Waals surface area contributed by atoms with Crippen LogP contribution in [0.15, 0.2) is 35.4 Å². The van der Waals surface area contributed by atoms with Gasteiger partial charge in [-0.05, 0) is 25.5 Å². The average molecular weight is 289 g/mol. The van der Waals surface area contributed by atoms with Gasteiger partial charge in [0.1, 0.15) is 6.54 Å². The van der Waals surface area contributed by atoms with Crippen LogP contribution in [0.3, 0.4) is 0 Å². The van der Waals surface area contributed by atoms with Crippen molar-refractivity contribution in [3.63, 3.8) is 0 Å². The topological polar surface area (TPSA) is 73.2 Å². The van der Waals surface area contributed by atoms with Crippen LogP contribution in [0.5, 0.6) is 0 Å². The number of para-hydroxylation sites is 1. The summed E-state index contributed by atoms with van der Waals surface area (Å²) in [5.74, 6) is -0.203. The molecule has 2 aromatic rings. The third kappa shape index (κ3) is 4.13. The zero-order valence-electron chi connectivity index (χ0n) is 12.0. The van der Waals surface area contributed by atoms with E-state index in [-0.39, 0.29) is 18.0 Å². The van der Waals surface area contributed by atoms with Gasteiger partial charge in [-0.25, -0.2) is 4.98 Å². The van der Waals surface area contributed by atoms with Crippen molar-refractivity contribution in [3.8, 4) is 0 Å². The Kier molecular flexibility index (Phi) is 5.45. The van der Waals surface area contributed by atoms with E-state index in [0.29, 0.717) is 30.7 Å². The first kappa shape index (κ1) is 15.2. The highest BCUT2D eigenvalue weighted by Gasteiger charge is 2.07. The van der Waals surface area contributed by atoms with Crippen molar-refractivity contribution in [1.82, 2.24) is 14.9 Å². The van der Waals surface area contributed by atoms with E-state index in [1.165, 1.54) is 10.9 Å². The molecule has 0 aliphatic carbocycles. The molecule has 0 atom stereocenters. The van der Waals surface area contributed by atoms with Gasteiger partial charge in [0.05, 0.1) is 17.2 Å². The SMILES string of the molecule is CCOCCCNC(=O)Cn1cnc2ccccc2c1=O. The van der Waals surface area contributed by atoms with Crippen LogP contribution in [-0.2, 0) is 16.1 Å². The van der Waals surface area contributed by atoms with E-state index in [2.05, 4.69) is 10.3 Å². The molecule has 0 aliphatic rings. The number of carbonyl (C=O) groups excluding carboxylic acids is 1. The van der Waals surface area contributed by atoms with Gasteiger partial charge < -0.3 is 10.1 Å². The molecule has 112 valence electrons. The number of fused-ring (bicyclic) bond motifs is 1. The molecular weight excluding hydrogens is 270 g/mol. The van der Waals surface area contributed by atoms with Crippen LogP contribution < -0.4 is 10.9 Å². The van der Waals surface area contributed by atoms with Gasteiger partial charge in [-0.15, -0.1) is 0 Å². The molecule has 0 bridgehead atoms. The Bertz CT molecular complexity index is 667. The maximum absolute atomic E-state index is 12.2. The summed E-state index contributed by atoms with van der Waals surface area (Å²) in [5.41, 5.74) is 0.431. The summed E-state index contributed by atoms with van der Waals surface area (Å²) in [6, 6.07) is 7.09. The molecule has 1 N–H and O–H groups in total. The van der Waals surface area contributed by atoms with Gasteiger partial charge in [-0.2, -0.15) is 0 Å². The number of nitrogens with zero attached hydrogens (tertiary/aromatic N) is 2. The van der Waals surface area contributed by atoms with E-state index < -0.39 is 0 Å². The van der Waals surface area contributed by atoms with Gasteiger partial charge >= 0.3 is 0 Å². The normalized spacial score (nSPS) is 10.7. The first-order chi connectivity index (χ1) is 10.2. The second-order valence-electron chi connectivity index (χ2n) is 4.60. The molecule has 0 aliphatic heterocycles. The molecule has 0 unspecified atom stereocenters. The third-order valence-corrected chi connectivity index (χ3v) is 3.04. The summed E-state index contributed by atoms with van der Waals surface area (Å²) >= 11 is 0. The van der Waals surface area contributed by atoms with Crippen LogP contribution in [0.1, 0.15) is 13.3 Å². The highest BCUT2D eigenvalue weighted by Crippen LogP contribution is 2.04. The van der Waals surface area contributed by atoms with E-state index in [0.717, 1.165) is 6.42 Å². The van der Waals surface area contributed by atoms with E-state index >= 15 is 0 Å². The minimum atomic E-state index is -0.204. The molecule has 0 saturated carbocycles. The van der Waals surface area contributed by atoms with Crippen LogP contribution in [0, 0.1) is 0 Å². The quantitative estimate of drug-likeness (QED) is 0.770. The van der Waals surface area contributed by atoms with E-state index in [4.69, 9.17) is 4.74 Å². The van der Waals surface area contributed by atoms with Crippen molar-refractivity contribution in [2.24, 2.45) is 0 Å². The van der Waals surface area contributed by atoms with Crippen LogP contribution in [0.4, 0.5) is 0 Å². The standard InChI is InChI=1S/C15H19N3O3/c1-2-21-9-5-8-16-14(19)10-18-11-17-13-7-4-3-6-12(13)15(18)20/h3-4,6-7,11H,2,5,8-10H2,1H3,(H,16,19). The Morgan fingerprint density at radius 3 is 3.00 bits per heavy atom. The number of hydrogen-bond donors (Lipinski definition) is 1. The number of ether oxygens (including phenoxy) is 1. The fourth-order valence-corrected chi connectivity index (χ4v) is 1.98. The smallest absolute Gasteiger partial charge is 0.261 e. The summed E-state index contributed by atoms with van der Waals surface area (Å²) < 4.78 is 6.50. The molecule has 1 heterocycles. The Labute approximate surface area is 122 Å². The van der Waals surface area contributed by atoms with E-state index in [1.807, 2.05) is 13.0 Å². The van der Waals surface area contributed by atoms with Crippen molar-refractivity contribution < 1.29 is 9.53 Å². The molecular formula is C15H19N3O3. The fraction of sp³-hybridized carbons (Fsp3) is 0.400. The highest BCUT2D eigenvalue weighted by atomic mass is 16.5. The van der Waals surface area contributed by atoms with Gasteiger partial charge in [0.15, 0.2) is 0 Å². The first-order valence-corrected chi connectivity index (χ1v) is 7.01. The van der Waals surface area contributed by atoms with Gasteiger partial charge in [-0.3, -0.25) is 14.2 Å². The minimum absolute atomic E-state index is 0.0225. The van der Waals surface area contributed by atoms with Crippen molar-refractivity contribution in [2.45, 2.75) is 19.9 Å². The molecule has 6 nitrogen and oxygen atoms in total. The Morgan fingerprint density at radius 2 is 2.19 bits per heavy atom. The lowest BCUT2D eigenvalue weighted by molar-refractivity contribution is -0.121. The lowest BCUT2D eigenvalue weighted by atomic mass is 10.2. The first-order valence-electron chi connectivity index (χ1n) is 7.01. The number of amides is 1. The summed E-state index contributed by atoms with van der Waals surface area (Å²) in [4.78, 5) is 28.2. The molecule has 2 rings (SSSR count). The summed E-state index contributed by atoms with van der Waals surface area (Å²) in [5, 5.41) is 3.28. The maximum atomic E-state index is 12.2. The molecule has 0 radical (unpaired) electrons. The van der Waals surface area contributed by atoms with Crippen molar-refractivity contribution >= 4 is 16.8 Å². The lowest BCUT2D eigenvalue weighted by Crippen LogP contribution is -2.33. The van der Waals surface area contributed by atoms with E-state index in [9.17, 15) is 9.59 Å². The number of rotatable bonds is 7. The molecule has 0 saturated heterocycles. The van der Waals surface area contributed by atoms with E-state index in [1.54, 1.807) is 18.2 Å². The Balaban J connectivity index is 1.95. The van der Waals surface area contributed by atoms with Gasteiger partial charge in [0.25, 0.3) is 5.56 Å². The molecule has 1 aromatic heterocycles. The van der Waals surface area contributed by atoms with Crippen molar-refractivity contribution in [1.29, 1.82) is 0 Å². The van der Waals surface area contributed by atoms with Gasteiger partial charge in [0, 0.05) is 19.8 Å². The van der Waals surface area contributed by atoms with Crippen LogP contribution in [0.2, 0.25) is 0 Å². The van der Waals surface area contributed by atoms with Gasteiger partial charge in [-0.1, -0.05) is 12.1 Å². The van der Waals surface area contributed by atoms with Crippen LogP contribution >= 0.6 is 0 Å². The monoisotopic (exact) mass is 289 g/mol. The van der Waals surface area contributed by atoms with Crippen molar-refractivity contribution in [2.75, 3.05) is 19.8 Å². The average Bonchev–Trinajstić information content (AvgIpc) is 2.50. The fourth-order valence-electron chi connectivity index (χ4n) is 1.98. The summed E-state index contributed by atoms with van der Waals surface area (Å²) in [7, 11) is 0. The number of aromatic nitrogens is 2. The van der Waals surface area contributed by atoms with Crippen LogP contribution in [-0.4, -0.2) is 35.2 Å². The largest absolute Gasteiger partial charge is 0.382 e. The second kappa shape index (κ2) is 7.54. The molecule has 1 aromatic carbocycles. The summed E-state index contributed by atoms with van der Waals surface area (Å²) in [6.45, 7) is 3.73. The third-order valence-electron chi connectivity index (χ3n) is 3.04. The molecule has 21 heavy (non-hydrogen) atoms. The Hall–Kier alpha value is -2.21. The number of hydrogen-bond acceptors (Lipinski definition) is 4. The molecule has 0 fully saturated rings. The van der Waals surface area contributed by atoms with Crippen LogP contribution in [0.25, 0.3) is 10.9 Å². The molecule has 0 spiro atoms. The van der Waals surface area contributed by atoms with Crippen molar-refractivity contribution in [3.05, 3.63) is 40.9 Å². The summed E-state index contributed by atoms with van der Waals surface area (Å²) in [6.07, 6.45) is 2.16. The van der Waals surface area contributed by atoms with Gasteiger partial charge in [0.2, 0.25) is 5.91 Å². The highest BCUT2D eigenvalue weighted by molar-refractivity contribution is 5.78. The zero-order valence-corrected chi connectivity index (χ0v) is 12.0. The molecule has 1 amide bonds. The number of nitrogens with one attached hydrogen (secondary N) is 1. The zero-order chi connectivity index (χ0) is 15.1. The predicted octanol–water partition coefficient (Wildman–Crippen LogP) is 0.939. The Morgan fingerprint density at radius 1 is 1.38 bits per heavy atom. The second-order valence-corrected chi connectivity index (χ2v) is 4.60. The predicted molar refractivity (Wildman–Crippen MR) is 80.1 cm³/mol. The number of benzene rings is 1. The maximum Gasteiger partial charge on any atom is 0.261 e. The number of carbonyl (C=O) groups is 1. The lowest BCUT2D eigenvalue weighted by Gasteiger charge is -2.08. The molecule has 6 heteroatoms.